The van der Waals surface area contributed by atoms with Gasteiger partial charge in [-0.2, -0.15) is 5.10 Å². The first-order valence-electron chi connectivity index (χ1n) is 8.51. The van der Waals surface area contributed by atoms with E-state index in [-0.39, 0.29) is 18.4 Å². The number of carbonyl (C=O) groups excluding carboxylic acids is 2. The van der Waals surface area contributed by atoms with E-state index in [1.807, 2.05) is 12.1 Å². The molecule has 0 bridgehead atoms. The zero-order chi connectivity index (χ0) is 18.7. The molecule has 8 heteroatoms. The van der Waals surface area contributed by atoms with Crippen molar-refractivity contribution in [3.63, 3.8) is 0 Å². The Bertz CT molecular complexity index is 801. The summed E-state index contributed by atoms with van der Waals surface area (Å²) in [6, 6.07) is 7.12. The molecule has 2 amide bonds. The van der Waals surface area contributed by atoms with Crippen LogP contribution in [-0.2, 0) is 16.6 Å². The van der Waals surface area contributed by atoms with Crippen molar-refractivity contribution in [2.45, 2.75) is 18.4 Å². The van der Waals surface area contributed by atoms with E-state index in [0.717, 1.165) is 12.0 Å². The highest BCUT2D eigenvalue weighted by molar-refractivity contribution is 6.00. The van der Waals surface area contributed by atoms with Gasteiger partial charge in [-0.3, -0.25) is 14.3 Å². The number of rotatable bonds is 5. The molecule has 1 unspecified atom stereocenters. The van der Waals surface area contributed by atoms with Crippen LogP contribution in [-0.4, -0.2) is 64.3 Å². The first-order valence-corrected chi connectivity index (χ1v) is 8.51. The molecule has 2 heterocycles. The highest BCUT2D eigenvalue weighted by Gasteiger charge is 2.49. The van der Waals surface area contributed by atoms with Crippen LogP contribution in [0, 0.1) is 0 Å². The third kappa shape index (κ3) is 3.08. The summed E-state index contributed by atoms with van der Waals surface area (Å²) in [4.78, 5) is 31.4. The number of hydrogen-bond donors (Lipinski definition) is 1. The fraction of sp³-hybridized carbons (Fsp3) is 0.444. The molecule has 0 spiro atoms. The van der Waals surface area contributed by atoms with E-state index in [1.165, 1.54) is 0 Å². The smallest absolute Gasteiger partial charge is 0.254 e. The monoisotopic (exact) mass is 357 g/mol. The van der Waals surface area contributed by atoms with Gasteiger partial charge in [0.05, 0.1) is 6.61 Å². The topological polar surface area (TPSA) is 89.4 Å². The van der Waals surface area contributed by atoms with Crippen LogP contribution in [0.5, 0.6) is 0 Å². The molecule has 1 aliphatic heterocycles. The predicted octanol–water partition coefficient (Wildman–Crippen LogP) is 0.849. The molecular formula is C18H23N5O3. The Hall–Kier alpha value is -2.74. The highest BCUT2D eigenvalue weighted by Crippen LogP contribution is 2.32. The number of aromatic nitrogens is 3. The molecule has 1 fully saturated rings. The number of methoxy groups -OCH3 is 1. The Morgan fingerprint density at radius 1 is 1.31 bits per heavy atom. The van der Waals surface area contributed by atoms with Crippen molar-refractivity contribution in [2.75, 3.05) is 27.3 Å². The highest BCUT2D eigenvalue weighted by atomic mass is 16.5. The van der Waals surface area contributed by atoms with E-state index in [2.05, 4.69) is 15.4 Å². The first-order chi connectivity index (χ1) is 12.5. The molecule has 8 nitrogen and oxygen atoms in total. The Morgan fingerprint density at radius 2 is 2.04 bits per heavy atom. The van der Waals surface area contributed by atoms with Gasteiger partial charge in [0.1, 0.15) is 11.9 Å². The van der Waals surface area contributed by atoms with Gasteiger partial charge in [-0.15, -0.1) is 0 Å². The Balaban J connectivity index is 1.86. The van der Waals surface area contributed by atoms with Crippen LogP contribution in [0.3, 0.4) is 0 Å². The van der Waals surface area contributed by atoms with E-state index < -0.39 is 5.54 Å². The van der Waals surface area contributed by atoms with Crippen molar-refractivity contribution < 1.29 is 14.3 Å². The van der Waals surface area contributed by atoms with Crippen LogP contribution in [0.4, 0.5) is 0 Å². The lowest BCUT2D eigenvalue weighted by Crippen LogP contribution is -2.59. The molecule has 3 rings (SSSR count). The largest absolute Gasteiger partial charge is 0.382 e. The van der Waals surface area contributed by atoms with E-state index in [9.17, 15) is 9.59 Å². The molecule has 1 aromatic heterocycles. The Morgan fingerprint density at radius 3 is 2.62 bits per heavy atom. The summed E-state index contributed by atoms with van der Waals surface area (Å²) in [6.45, 7) is 0.702. The number of likely N-dealkylation sites (tertiary alicyclic amines) is 1. The van der Waals surface area contributed by atoms with Gasteiger partial charge in [-0.1, -0.05) is 12.1 Å². The lowest BCUT2D eigenvalue weighted by molar-refractivity contribution is -0.133. The zero-order valence-corrected chi connectivity index (χ0v) is 15.2. The van der Waals surface area contributed by atoms with Gasteiger partial charge in [0.25, 0.3) is 5.91 Å². The second-order valence-corrected chi connectivity index (χ2v) is 6.42. The maximum atomic E-state index is 13.1. The standard InChI is InChI=1S/C18H23N5O3/c1-19-17(25)18(11-26-3)9-4-10-23(18)16(24)14-7-5-13(6-8-14)15-20-12-22(2)21-15/h5-8,12H,4,9-11H2,1-3H3,(H,19,25). The minimum Gasteiger partial charge on any atom is -0.382 e. The summed E-state index contributed by atoms with van der Waals surface area (Å²) in [5, 5.41) is 6.93. The average Bonchev–Trinajstić information content (AvgIpc) is 3.28. The third-order valence-electron chi connectivity index (χ3n) is 4.76. The molecule has 0 saturated carbocycles. The van der Waals surface area contributed by atoms with E-state index in [4.69, 9.17) is 4.74 Å². The maximum Gasteiger partial charge on any atom is 0.254 e. The van der Waals surface area contributed by atoms with Gasteiger partial charge in [0, 0.05) is 38.9 Å². The lowest BCUT2D eigenvalue weighted by Gasteiger charge is -2.36. The molecule has 0 aliphatic carbocycles. The summed E-state index contributed by atoms with van der Waals surface area (Å²) in [6.07, 6.45) is 2.97. The fourth-order valence-electron chi connectivity index (χ4n) is 3.49. The molecule has 1 aliphatic rings. The molecule has 2 aromatic rings. The molecular weight excluding hydrogens is 334 g/mol. The number of carbonyl (C=O) groups is 2. The molecule has 0 radical (unpaired) electrons. The summed E-state index contributed by atoms with van der Waals surface area (Å²) < 4.78 is 6.90. The minimum atomic E-state index is -0.957. The molecule has 1 saturated heterocycles. The molecule has 138 valence electrons. The minimum absolute atomic E-state index is 0.175. The summed E-state index contributed by atoms with van der Waals surface area (Å²) in [5.41, 5.74) is 0.399. The zero-order valence-electron chi connectivity index (χ0n) is 15.2. The van der Waals surface area contributed by atoms with Crippen LogP contribution in [0.25, 0.3) is 11.4 Å². The number of ether oxygens (including phenoxy) is 1. The van der Waals surface area contributed by atoms with Crippen LogP contribution < -0.4 is 5.32 Å². The lowest BCUT2D eigenvalue weighted by atomic mass is 9.95. The van der Waals surface area contributed by atoms with Gasteiger partial charge in [-0.25, -0.2) is 4.98 Å². The fourth-order valence-corrected chi connectivity index (χ4v) is 3.49. The predicted molar refractivity (Wildman–Crippen MR) is 95.4 cm³/mol. The summed E-state index contributed by atoms with van der Waals surface area (Å²) in [7, 11) is 4.92. The number of benzene rings is 1. The summed E-state index contributed by atoms with van der Waals surface area (Å²) >= 11 is 0. The molecule has 1 N–H and O–H groups in total. The van der Waals surface area contributed by atoms with Gasteiger partial charge in [0.2, 0.25) is 5.91 Å². The second kappa shape index (κ2) is 7.25. The van der Waals surface area contributed by atoms with Gasteiger partial charge in [-0.05, 0) is 25.0 Å². The van der Waals surface area contributed by atoms with Crippen LogP contribution in [0.15, 0.2) is 30.6 Å². The number of aryl methyl sites for hydroxylation is 1. The molecule has 1 atom stereocenters. The van der Waals surface area contributed by atoms with E-state index >= 15 is 0 Å². The van der Waals surface area contributed by atoms with Crippen LogP contribution in [0.1, 0.15) is 23.2 Å². The normalized spacial score (nSPS) is 19.6. The second-order valence-electron chi connectivity index (χ2n) is 6.42. The Labute approximate surface area is 152 Å². The van der Waals surface area contributed by atoms with Crippen molar-refractivity contribution in [1.29, 1.82) is 0 Å². The van der Waals surface area contributed by atoms with Gasteiger partial charge >= 0.3 is 0 Å². The summed E-state index contributed by atoms with van der Waals surface area (Å²) in [5.74, 6) is 0.231. The molecule has 1 aromatic carbocycles. The quantitative estimate of drug-likeness (QED) is 0.857. The Kier molecular flexibility index (Phi) is 5.03. The number of amides is 2. The number of nitrogens with zero attached hydrogens (tertiary/aromatic N) is 4. The molecule has 26 heavy (non-hydrogen) atoms. The van der Waals surface area contributed by atoms with Crippen molar-refractivity contribution >= 4 is 11.8 Å². The van der Waals surface area contributed by atoms with Gasteiger partial charge in [0.15, 0.2) is 5.82 Å². The van der Waals surface area contributed by atoms with Gasteiger partial charge < -0.3 is 15.0 Å². The number of nitrogens with one attached hydrogen (secondary N) is 1. The van der Waals surface area contributed by atoms with E-state index in [1.54, 1.807) is 49.2 Å². The number of hydrogen-bond acceptors (Lipinski definition) is 5. The van der Waals surface area contributed by atoms with Crippen LogP contribution in [0.2, 0.25) is 0 Å². The van der Waals surface area contributed by atoms with Crippen molar-refractivity contribution in [2.24, 2.45) is 7.05 Å². The van der Waals surface area contributed by atoms with Crippen molar-refractivity contribution in [3.8, 4) is 11.4 Å². The third-order valence-corrected chi connectivity index (χ3v) is 4.76. The SMILES string of the molecule is CNC(=O)C1(COC)CCCN1C(=O)c1ccc(-c2ncn(C)n2)cc1. The van der Waals surface area contributed by atoms with Crippen molar-refractivity contribution in [1.82, 2.24) is 25.0 Å². The van der Waals surface area contributed by atoms with Crippen LogP contribution >= 0.6 is 0 Å². The maximum absolute atomic E-state index is 13.1. The first kappa shape index (κ1) is 18.1. The van der Waals surface area contributed by atoms with E-state index in [0.29, 0.717) is 24.4 Å². The average molecular weight is 357 g/mol. The number of likely N-dealkylation sites (N-methyl/N-ethyl adjacent to an activating group) is 1. The van der Waals surface area contributed by atoms with Crippen molar-refractivity contribution in [3.05, 3.63) is 36.2 Å².